The number of nitrogens with one attached hydrogen (secondary N) is 2. The minimum absolute atomic E-state index is 0.205. The number of hydrogen-bond donors (Lipinski definition) is 2. The fraction of sp³-hybridized carbons (Fsp3) is 0.214. The van der Waals surface area contributed by atoms with Gasteiger partial charge >= 0.3 is 0 Å². The zero-order chi connectivity index (χ0) is 13.9. The predicted molar refractivity (Wildman–Crippen MR) is 80.8 cm³/mol. The largest absolute Gasteiger partial charge is 0.366 e. The Balaban J connectivity index is 1.65. The first-order valence-electron chi connectivity index (χ1n) is 6.38. The second-order valence-electron chi connectivity index (χ2n) is 4.69. The highest BCUT2D eigenvalue weighted by atomic mass is 79.9. The van der Waals surface area contributed by atoms with E-state index in [9.17, 15) is 4.79 Å². The molecule has 1 fully saturated rings. The molecule has 0 radical (unpaired) electrons. The van der Waals surface area contributed by atoms with Crippen molar-refractivity contribution in [2.45, 2.75) is 18.9 Å². The molecule has 0 saturated heterocycles. The van der Waals surface area contributed by atoms with Gasteiger partial charge in [0.2, 0.25) is 0 Å². The van der Waals surface area contributed by atoms with Gasteiger partial charge in [-0.2, -0.15) is 0 Å². The molecule has 1 aliphatic rings. The fourth-order valence-electron chi connectivity index (χ4n) is 1.73. The summed E-state index contributed by atoms with van der Waals surface area (Å²) in [5, 5.41) is 14.0. The van der Waals surface area contributed by atoms with Gasteiger partial charge in [-0.25, -0.2) is 0 Å². The van der Waals surface area contributed by atoms with Crippen molar-refractivity contribution in [3.8, 4) is 0 Å². The van der Waals surface area contributed by atoms with Crippen molar-refractivity contribution in [3.05, 3.63) is 46.4 Å². The third-order valence-electron chi connectivity index (χ3n) is 2.92. The van der Waals surface area contributed by atoms with Crippen LogP contribution in [0, 0.1) is 0 Å². The van der Waals surface area contributed by atoms with Crippen LogP contribution in [0.1, 0.15) is 23.2 Å². The summed E-state index contributed by atoms with van der Waals surface area (Å²) in [5.74, 6) is 0.979. The topological polar surface area (TPSA) is 66.9 Å². The van der Waals surface area contributed by atoms with Crippen molar-refractivity contribution in [1.29, 1.82) is 0 Å². The van der Waals surface area contributed by atoms with Gasteiger partial charge in [0.05, 0.1) is 0 Å². The van der Waals surface area contributed by atoms with Crippen LogP contribution in [0.4, 0.5) is 11.6 Å². The second kappa shape index (κ2) is 5.58. The standard InChI is InChI=1S/C14H13BrN4O/c15-10-3-1-2-9(8-10)14(20)17-13-7-6-12(18-19-13)16-11-4-5-11/h1-3,6-8,11H,4-5H2,(H,16,18)(H,17,19,20). The molecule has 6 heteroatoms. The van der Waals surface area contributed by atoms with Gasteiger partial charge in [0.1, 0.15) is 5.82 Å². The SMILES string of the molecule is O=C(Nc1ccc(NC2CC2)nn1)c1cccc(Br)c1. The second-order valence-corrected chi connectivity index (χ2v) is 5.60. The van der Waals surface area contributed by atoms with Crippen LogP contribution in [0.2, 0.25) is 0 Å². The summed E-state index contributed by atoms with van der Waals surface area (Å²) < 4.78 is 0.861. The Morgan fingerprint density at radius 3 is 2.55 bits per heavy atom. The molecule has 1 aromatic heterocycles. The Labute approximate surface area is 124 Å². The number of halogens is 1. The highest BCUT2D eigenvalue weighted by molar-refractivity contribution is 9.10. The molecule has 0 aliphatic heterocycles. The van der Waals surface area contributed by atoms with E-state index in [0.29, 0.717) is 17.4 Å². The fourth-order valence-corrected chi connectivity index (χ4v) is 2.13. The summed E-state index contributed by atoms with van der Waals surface area (Å²) in [6.07, 6.45) is 2.37. The number of anilines is 2. The van der Waals surface area contributed by atoms with Crippen LogP contribution in [-0.4, -0.2) is 22.1 Å². The van der Waals surface area contributed by atoms with E-state index in [1.165, 1.54) is 12.8 Å². The van der Waals surface area contributed by atoms with Crippen molar-refractivity contribution in [3.63, 3.8) is 0 Å². The molecule has 3 rings (SSSR count). The molecule has 2 N–H and O–H groups in total. The van der Waals surface area contributed by atoms with E-state index in [4.69, 9.17) is 0 Å². The molecule has 102 valence electrons. The van der Waals surface area contributed by atoms with Crippen LogP contribution >= 0.6 is 15.9 Å². The van der Waals surface area contributed by atoms with Gasteiger partial charge in [-0.1, -0.05) is 22.0 Å². The molecule has 1 saturated carbocycles. The summed E-state index contributed by atoms with van der Waals surface area (Å²) >= 11 is 3.34. The van der Waals surface area contributed by atoms with E-state index in [0.717, 1.165) is 10.3 Å². The zero-order valence-corrected chi connectivity index (χ0v) is 12.2. The maximum atomic E-state index is 12.0. The van der Waals surface area contributed by atoms with Gasteiger partial charge in [-0.05, 0) is 43.2 Å². The van der Waals surface area contributed by atoms with Gasteiger partial charge in [-0.3, -0.25) is 4.79 Å². The Morgan fingerprint density at radius 2 is 1.90 bits per heavy atom. The number of nitrogens with zero attached hydrogens (tertiary/aromatic N) is 2. The predicted octanol–water partition coefficient (Wildman–Crippen LogP) is 3.07. The van der Waals surface area contributed by atoms with E-state index in [1.54, 1.807) is 18.2 Å². The first-order chi connectivity index (χ1) is 9.70. The lowest BCUT2D eigenvalue weighted by molar-refractivity contribution is 0.102. The van der Waals surface area contributed by atoms with Gasteiger partial charge < -0.3 is 10.6 Å². The molecule has 1 amide bonds. The molecule has 20 heavy (non-hydrogen) atoms. The first-order valence-corrected chi connectivity index (χ1v) is 7.17. The number of carbonyl (C=O) groups is 1. The Bertz CT molecular complexity index is 625. The Kier molecular flexibility index (Phi) is 3.64. The van der Waals surface area contributed by atoms with E-state index < -0.39 is 0 Å². The molecule has 1 aromatic carbocycles. The number of amides is 1. The smallest absolute Gasteiger partial charge is 0.256 e. The molecule has 0 bridgehead atoms. The van der Waals surface area contributed by atoms with Crippen molar-refractivity contribution in [2.24, 2.45) is 0 Å². The lowest BCUT2D eigenvalue weighted by Crippen LogP contribution is -2.13. The maximum absolute atomic E-state index is 12.0. The van der Waals surface area contributed by atoms with Gasteiger partial charge in [0.25, 0.3) is 5.91 Å². The third-order valence-corrected chi connectivity index (χ3v) is 3.42. The molecule has 5 nitrogen and oxygen atoms in total. The molecule has 0 atom stereocenters. The minimum Gasteiger partial charge on any atom is -0.366 e. The third kappa shape index (κ3) is 3.33. The lowest BCUT2D eigenvalue weighted by atomic mass is 10.2. The highest BCUT2D eigenvalue weighted by Gasteiger charge is 2.21. The summed E-state index contributed by atoms with van der Waals surface area (Å²) in [7, 11) is 0. The van der Waals surface area contributed by atoms with Crippen LogP contribution in [0.5, 0.6) is 0 Å². The number of aromatic nitrogens is 2. The Hall–Kier alpha value is -1.95. The van der Waals surface area contributed by atoms with E-state index in [-0.39, 0.29) is 5.91 Å². The number of carbonyl (C=O) groups excluding carboxylic acids is 1. The van der Waals surface area contributed by atoms with Gasteiger partial charge in [0, 0.05) is 16.1 Å². The molecule has 0 spiro atoms. The quantitative estimate of drug-likeness (QED) is 0.902. The monoisotopic (exact) mass is 332 g/mol. The van der Waals surface area contributed by atoms with Crippen molar-refractivity contribution in [1.82, 2.24) is 10.2 Å². The summed E-state index contributed by atoms with van der Waals surface area (Å²) in [4.78, 5) is 12.0. The van der Waals surface area contributed by atoms with E-state index >= 15 is 0 Å². The van der Waals surface area contributed by atoms with Crippen LogP contribution in [0.3, 0.4) is 0 Å². The maximum Gasteiger partial charge on any atom is 0.256 e. The van der Waals surface area contributed by atoms with E-state index in [2.05, 4.69) is 36.8 Å². The van der Waals surface area contributed by atoms with Crippen LogP contribution in [-0.2, 0) is 0 Å². The average molecular weight is 333 g/mol. The minimum atomic E-state index is -0.205. The van der Waals surface area contributed by atoms with Crippen molar-refractivity contribution < 1.29 is 4.79 Å². The van der Waals surface area contributed by atoms with Crippen LogP contribution in [0.25, 0.3) is 0 Å². The average Bonchev–Trinajstić information content (AvgIpc) is 3.25. The Morgan fingerprint density at radius 1 is 1.15 bits per heavy atom. The zero-order valence-electron chi connectivity index (χ0n) is 10.6. The number of benzene rings is 1. The van der Waals surface area contributed by atoms with Gasteiger partial charge in [0.15, 0.2) is 5.82 Å². The van der Waals surface area contributed by atoms with Crippen molar-refractivity contribution >= 4 is 33.5 Å². The highest BCUT2D eigenvalue weighted by Crippen LogP contribution is 2.23. The molecular weight excluding hydrogens is 320 g/mol. The summed E-state index contributed by atoms with van der Waals surface area (Å²) in [6, 6.07) is 11.3. The summed E-state index contributed by atoms with van der Waals surface area (Å²) in [6.45, 7) is 0. The van der Waals surface area contributed by atoms with Crippen molar-refractivity contribution in [2.75, 3.05) is 10.6 Å². The lowest BCUT2D eigenvalue weighted by Gasteiger charge is -2.06. The van der Waals surface area contributed by atoms with Gasteiger partial charge in [-0.15, -0.1) is 10.2 Å². The summed E-state index contributed by atoms with van der Waals surface area (Å²) in [5.41, 5.74) is 0.571. The van der Waals surface area contributed by atoms with E-state index in [1.807, 2.05) is 18.2 Å². The first kappa shape index (κ1) is 13.1. The molecule has 0 unspecified atom stereocenters. The van der Waals surface area contributed by atoms with Crippen LogP contribution in [0.15, 0.2) is 40.9 Å². The number of hydrogen-bond acceptors (Lipinski definition) is 4. The molecule has 2 aromatic rings. The molecule has 1 aliphatic carbocycles. The molecule has 1 heterocycles. The van der Waals surface area contributed by atoms with Crippen LogP contribution < -0.4 is 10.6 Å². The number of rotatable bonds is 4. The normalized spacial score (nSPS) is 13.8. The molecular formula is C14H13BrN4O.